The summed E-state index contributed by atoms with van der Waals surface area (Å²) in [6, 6.07) is 10.6. The molecule has 120 valence electrons. The van der Waals surface area contributed by atoms with E-state index in [-0.39, 0.29) is 12.2 Å². The number of aliphatic hydroxyl groups is 1. The van der Waals surface area contributed by atoms with Gasteiger partial charge in [-0.15, -0.1) is 11.3 Å². The average Bonchev–Trinajstić information content (AvgIpc) is 3.05. The van der Waals surface area contributed by atoms with E-state index < -0.39 is 11.5 Å². The van der Waals surface area contributed by atoms with E-state index in [2.05, 4.69) is 15.9 Å². The highest BCUT2D eigenvalue weighted by Gasteiger charge is 2.50. The summed E-state index contributed by atoms with van der Waals surface area (Å²) >= 11 is 4.63. The fourth-order valence-electron chi connectivity index (χ4n) is 2.91. The number of rotatable bonds is 5. The highest BCUT2D eigenvalue weighted by atomic mass is 79.9. The largest absolute Gasteiger partial charge is 0.375 e. The fraction of sp³-hybridized carbons (Fsp3) is 0.294. The highest BCUT2D eigenvalue weighted by molar-refractivity contribution is 9.11. The summed E-state index contributed by atoms with van der Waals surface area (Å²) in [6.07, 6.45) is 0.540. The van der Waals surface area contributed by atoms with Crippen molar-refractivity contribution in [1.82, 2.24) is 0 Å². The number of benzene rings is 1. The number of nitrogens with zero attached hydrogens (tertiary/aromatic N) is 1. The number of amides is 1. The number of ketones is 1. The molecule has 1 N–H and O–H groups in total. The number of anilines is 1. The number of halogens is 1. The van der Waals surface area contributed by atoms with Gasteiger partial charge in [-0.05, 0) is 40.5 Å². The van der Waals surface area contributed by atoms with Crippen LogP contribution in [0.3, 0.4) is 0 Å². The highest BCUT2D eigenvalue weighted by Crippen LogP contribution is 2.43. The molecule has 23 heavy (non-hydrogen) atoms. The Labute approximate surface area is 146 Å². The molecular formula is C17H16BrNO3S. The molecule has 1 unspecified atom stereocenters. The molecule has 4 nitrogen and oxygen atoms in total. The minimum Gasteiger partial charge on any atom is -0.375 e. The average molecular weight is 394 g/mol. The van der Waals surface area contributed by atoms with Crippen LogP contribution in [-0.4, -0.2) is 23.3 Å². The maximum absolute atomic E-state index is 12.8. The lowest BCUT2D eigenvalue weighted by atomic mass is 9.89. The Morgan fingerprint density at radius 2 is 2.04 bits per heavy atom. The van der Waals surface area contributed by atoms with Gasteiger partial charge in [-0.3, -0.25) is 9.59 Å². The summed E-state index contributed by atoms with van der Waals surface area (Å²) in [5, 5.41) is 11.0. The van der Waals surface area contributed by atoms with E-state index in [1.165, 1.54) is 11.3 Å². The molecule has 1 aliphatic heterocycles. The van der Waals surface area contributed by atoms with Crippen molar-refractivity contribution in [3.63, 3.8) is 0 Å². The number of carbonyl (C=O) groups excluding carboxylic acids is 2. The number of hydrogen-bond donors (Lipinski definition) is 1. The molecule has 1 atom stereocenters. The zero-order valence-electron chi connectivity index (χ0n) is 12.6. The van der Waals surface area contributed by atoms with Crippen LogP contribution in [-0.2, 0) is 10.4 Å². The molecule has 0 aliphatic carbocycles. The van der Waals surface area contributed by atoms with Crippen molar-refractivity contribution in [2.24, 2.45) is 0 Å². The number of fused-ring (bicyclic) bond motifs is 1. The lowest BCUT2D eigenvalue weighted by molar-refractivity contribution is -0.135. The van der Waals surface area contributed by atoms with Gasteiger partial charge >= 0.3 is 0 Å². The monoisotopic (exact) mass is 393 g/mol. The third-order valence-electron chi connectivity index (χ3n) is 3.95. The molecule has 2 aromatic rings. The van der Waals surface area contributed by atoms with Gasteiger partial charge in [0.05, 0.1) is 20.8 Å². The van der Waals surface area contributed by atoms with Crippen molar-refractivity contribution in [2.75, 3.05) is 11.4 Å². The third kappa shape index (κ3) is 2.75. The van der Waals surface area contributed by atoms with Crippen molar-refractivity contribution < 1.29 is 14.7 Å². The summed E-state index contributed by atoms with van der Waals surface area (Å²) in [5.41, 5.74) is -0.566. The Hall–Kier alpha value is -1.50. The Kier molecular flexibility index (Phi) is 4.40. The quantitative estimate of drug-likeness (QED) is 0.787. The first-order valence-corrected chi connectivity index (χ1v) is 9.00. The van der Waals surface area contributed by atoms with E-state index in [9.17, 15) is 14.7 Å². The Morgan fingerprint density at radius 1 is 1.30 bits per heavy atom. The predicted octanol–water partition coefficient (Wildman–Crippen LogP) is 3.73. The number of hydrogen-bond acceptors (Lipinski definition) is 4. The summed E-state index contributed by atoms with van der Waals surface area (Å²) in [6.45, 7) is 2.50. The van der Waals surface area contributed by atoms with Crippen molar-refractivity contribution in [1.29, 1.82) is 0 Å². The summed E-state index contributed by atoms with van der Waals surface area (Å²) in [4.78, 5) is 27.4. The van der Waals surface area contributed by atoms with Crippen LogP contribution in [0.15, 0.2) is 40.2 Å². The molecule has 1 aromatic carbocycles. The van der Waals surface area contributed by atoms with E-state index in [0.717, 1.165) is 10.2 Å². The van der Waals surface area contributed by atoms with Gasteiger partial charge in [0, 0.05) is 12.1 Å². The Morgan fingerprint density at radius 3 is 2.70 bits per heavy atom. The molecule has 6 heteroatoms. The molecule has 2 heterocycles. The molecule has 0 saturated heterocycles. The number of thiophene rings is 1. The molecule has 1 aromatic heterocycles. The molecular weight excluding hydrogens is 378 g/mol. The van der Waals surface area contributed by atoms with Crippen LogP contribution in [0, 0.1) is 0 Å². The molecule has 0 spiro atoms. The fourth-order valence-corrected chi connectivity index (χ4v) is 4.23. The van der Waals surface area contributed by atoms with Crippen LogP contribution in [0.5, 0.6) is 0 Å². The minimum absolute atomic E-state index is 0.232. The second-order valence-corrected chi connectivity index (χ2v) is 8.00. The maximum Gasteiger partial charge on any atom is 0.264 e. The van der Waals surface area contributed by atoms with Gasteiger partial charge in [-0.1, -0.05) is 25.1 Å². The topological polar surface area (TPSA) is 57.6 Å². The van der Waals surface area contributed by atoms with E-state index >= 15 is 0 Å². The molecule has 0 radical (unpaired) electrons. The minimum atomic E-state index is -1.78. The van der Waals surface area contributed by atoms with Crippen LogP contribution in [0.1, 0.15) is 35.0 Å². The first-order valence-electron chi connectivity index (χ1n) is 7.39. The van der Waals surface area contributed by atoms with Crippen LogP contribution in [0.25, 0.3) is 0 Å². The van der Waals surface area contributed by atoms with Crippen molar-refractivity contribution in [3.8, 4) is 0 Å². The summed E-state index contributed by atoms with van der Waals surface area (Å²) in [7, 11) is 0. The number of carbonyl (C=O) groups is 2. The first-order chi connectivity index (χ1) is 11.0. The molecule has 0 fully saturated rings. The Balaban J connectivity index is 1.97. The Bertz CT molecular complexity index is 773. The standard InChI is InChI=1S/C17H16BrNO3S/c1-2-9-19-12-6-4-3-5-11(12)17(22,16(19)21)10-13(20)14-7-8-15(18)23-14/h3-8,22H,2,9-10H2,1H3. The summed E-state index contributed by atoms with van der Waals surface area (Å²) < 4.78 is 0.846. The zero-order valence-corrected chi connectivity index (χ0v) is 15.0. The molecule has 3 rings (SSSR count). The zero-order chi connectivity index (χ0) is 16.6. The van der Waals surface area contributed by atoms with E-state index in [1.54, 1.807) is 29.2 Å². The van der Waals surface area contributed by atoms with Crippen LogP contribution < -0.4 is 4.90 Å². The maximum atomic E-state index is 12.8. The van der Waals surface area contributed by atoms with Crippen molar-refractivity contribution in [2.45, 2.75) is 25.4 Å². The molecule has 1 aliphatic rings. The summed E-state index contributed by atoms with van der Waals surface area (Å²) in [5.74, 6) is -0.644. The molecule has 0 saturated carbocycles. The van der Waals surface area contributed by atoms with Gasteiger partial charge in [0.15, 0.2) is 11.4 Å². The lowest BCUT2D eigenvalue weighted by Crippen LogP contribution is -2.42. The first kappa shape index (κ1) is 16.4. The SMILES string of the molecule is CCCN1C(=O)C(O)(CC(=O)c2ccc(Br)s2)c2ccccc21. The van der Waals surface area contributed by atoms with Crippen LogP contribution in [0.4, 0.5) is 5.69 Å². The van der Waals surface area contributed by atoms with Crippen LogP contribution >= 0.6 is 27.3 Å². The molecule has 0 bridgehead atoms. The number of Topliss-reactive ketones (excluding diaryl/α,β-unsaturated/α-hetero) is 1. The van der Waals surface area contributed by atoms with E-state index in [1.807, 2.05) is 19.1 Å². The lowest BCUT2D eigenvalue weighted by Gasteiger charge is -2.22. The smallest absolute Gasteiger partial charge is 0.264 e. The second kappa shape index (κ2) is 6.19. The van der Waals surface area contributed by atoms with Gasteiger partial charge in [0.2, 0.25) is 0 Å². The van der Waals surface area contributed by atoms with Crippen LogP contribution in [0.2, 0.25) is 0 Å². The van der Waals surface area contributed by atoms with Gasteiger partial charge in [0.25, 0.3) is 5.91 Å². The number of para-hydroxylation sites is 1. The third-order valence-corrected chi connectivity index (χ3v) is 5.62. The molecule has 1 amide bonds. The van der Waals surface area contributed by atoms with Crippen molar-refractivity contribution >= 4 is 44.6 Å². The van der Waals surface area contributed by atoms with Crippen molar-refractivity contribution in [3.05, 3.63) is 50.6 Å². The van der Waals surface area contributed by atoms with Gasteiger partial charge in [-0.2, -0.15) is 0 Å². The van der Waals surface area contributed by atoms with E-state index in [4.69, 9.17) is 0 Å². The normalized spacial score (nSPS) is 20.0. The van der Waals surface area contributed by atoms with E-state index in [0.29, 0.717) is 22.7 Å². The predicted molar refractivity (Wildman–Crippen MR) is 93.9 cm³/mol. The van der Waals surface area contributed by atoms with Gasteiger partial charge in [0.1, 0.15) is 0 Å². The van der Waals surface area contributed by atoms with Gasteiger partial charge < -0.3 is 10.0 Å². The van der Waals surface area contributed by atoms with Gasteiger partial charge in [-0.25, -0.2) is 0 Å². The second-order valence-electron chi connectivity index (χ2n) is 5.54.